The molecule has 0 amide bonds. The summed E-state index contributed by atoms with van der Waals surface area (Å²) in [6.07, 6.45) is 0. The van der Waals surface area contributed by atoms with Crippen molar-refractivity contribution in [2.24, 2.45) is 0 Å². The van der Waals surface area contributed by atoms with Gasteiger partial charge in [0.15, 0.2) is 0 Å². The summed E-state index contributed by atoms with van der Waals surface area (Å²) in [5.41, 5.74) is -1.35. The Kier molecular flexibility index (Phi) is 9.00. The maximum absolute atomic E-state index is 17.3. The minimum atomic E-state index is -5.75. The van der Waals surface area contributed by atoms with Crippen molar-refractivity contribution in [1.82, 2.24) is 0 Å². The highest BCUT2D eigenvalue weighted by Gasteiger charge is 2.81. The highest BCUT2D eigenvalue weighted by Crippen LogP contribution is 2.71. The van der Waals surface area contributed by atoms with Crippen molar-refractivity contribution in [2.45, 2.75) is 29.8 Å². The second-order valence-electron chi connectivity index (χ2n) is 16.4. The first-order valence-corrected chi connectivity index (χ1v) is 23.9. The number of allylic oxidation sites excluding steroid dienone is 2. The van der Waals surface area contributed by atoms with Gasteiger partial charge < -0.3 is 9.47 Å². The van der Waals surface area contributed by atoms with E-state index in [1.165, 1.54) is 29.8 Å². The van der Waals surface area contributed by atoms with Crippen LogP contribution in [0.2, 0.25) is 0 Å². The molecule has 0 fully saturated rings. The SMILES string of the molecule is COCc1ccc(C2(c3ccc(OC)cc3)c3sc4cc(-c5cc6ccccc6s5)ccc4c3C3=C(c4c2sc2cc(-c5cc6ccccc6s5)ccc42)C(F)(F)C(F)(F)C3(F)F)cc1. The third-order valence-corrected chi connectivity index (χ3v) is 17.7. The number of hydrogen-bond acceptors (Lipinski definition) is 6. The van der Waals surface area contributed by atoms with Crippen LogP contribution in [0.15, 0.2) is 146 Å². The lowest BCUT2D eigenvalue weighted by Crippen LogP contribution is -2.49. The van der Waals surface area contributed by atoms with Gasteiger partial charge in [-0.05, 0) is 87.1 Å². The molecule has 2 aliphatic carbocycles. The van der Waals surface area contributed by atoms with Crippen LogP contribution in [0.1, 0.15) is 37.6 Å². The van der Waals surface area contributed by atoms with Crippen LogP contribution in [-0.4, -0.2) is 32.0 Å². The van der Waals surface area contributed by atoms with Crippen LogP contribution in [0.3, 0.4) is 0 Å². The van der Waals surface area contributed by atoms with E-state index in [4.69, 9.17) is 9.47 Å². The monoisotopic (exact) mass is 942 g/mol. The van der Waals surface area contributed by atoms with Crippen LogP contribution in [0.5, 0.6) is 5.75 Å². The van der Waals surface area contributed by atoms with E-state index in [0.29, 0.717) is 26.3 Å². The molecule has 0 saturated heterocycles. The molecule has 322 valence electrons. The zero-order chi connectivity index (χ0) is 44.6. The maximum atomic E-state index is 17.3. The van der Waals surface area contributed by atoms with E-state index in [-0.39, 0.29) is 38.3 Å². The van der Waals surface area contributed by atoms with Crippen LogP contribution in [-0.2, 0) is 16.8 Å². The number of halogens is 6. The quantitative estimate of drug-likeness (QED) is 0.148. The molecule has 0 bridgehead atoms. The molecule has 0 unspecified atom stereocenters. The van der Waals surface area contributed by atoms with Gasteiger partial charge in [-0.25, -0.2) is 0 Å². The van der Waals surface area contributed by atoms with Gasteiger partial charge in [0, 0.05) is 78.5 Å². The fourth-order valence-corrected chi connectivity index (χ4v) is 15.0. The second-order valence-corrected chi connectivity index (χ2v) is 20.7. The zero-order valence-electron chi connectivity index (χ0n) is 34.3. The second kappa shape index (κ2) is 14.4. The highest BCUT2D eigenvalue weighted by molar-refractivity contribution is 7.23. The molecular formula is C53H32F6O2S4. The molecule has 4 heterocycles. The summed E-state index contributed by atoms with van der Waals surface area (Å²) in [5.74, 6) is -15.8. The van der Waals surface area contributed by atoms with Crippen molar-refractivity contribution in [3.8, 4) is 26.6 Å². The summed E-state index contributed by atoms with van der Waals surface area (Å²) in [4.78, 5) is 2.30. The van der Waals surface area contributed by atoms with Crippen molar-refractivity contribution < 1.29 is 35.8 Å². The van der Waals surface area contributed by atoms with Crippen LogP contribution in [0, 0.1) is 0 Å². The number of fused-ring (bicyclic) bond motifs is 10. The van der Waals surface area contributed by atoms with Crippen LogP contribution in [0.4, 0.5) is 26.3 Å². The number of ether oxygens (including phenoxy) is 2. The first-order chi connectivity index (χ1) is 31.4. The fourth-order valence-electron chi connectivity index (χ4n) is 9.81. The Bertz CT molecular complexity index is 3340. The normalized spacial score (nSPS) is 16.9. The van der Waals surface area contributed by atoms with Crippen LogP contribution >= 0.6 is 45.3 Å². The lowest BCUT2D eigenvalue weighted by molar-refractivity contribution is -0.254. The molecular weight excluding hydrogens is 911 g/mol. The first-order valence-electron chi connectivity index (χ1n) is 20.6. The van der Waals surface area contributed by atoms with Gasteiger partial charge in [0.25, 0.3) is 0 Å². The molecule has 6 aromatic carbocycles. The molecule has 0 radical (unpaired) electrons. The summed E-state index contributed by atoms with van der Waals surface area (Å²) in [5, 5.41) is 2.44. The molecule has 2 aliphatic rings. The standard InChI is InChI=1S/C53H32F6O2S4/c1-60-27-28-11-15-33(16-12-28)50(34-17-19-35(61-2)20-18-34)48-44(36-21-13-31(25-42(36)64-48)40-23-29-7-3-5-9-38(29)62-40)46-47(52(56,57)53(58,59)51(46,54)55)45-37-22-14-32(26-43(37)65-49(45)50)41-24-30-8-4-6-10-39(30)63-41/h3-26H,27H2,1-2H3. The molecule has 0 aliphatic heterocycles. The summed E-state index contributed by atoms with van der Waals surface area (Å²) >= 11 is 5.48. The Labute approximate surface area is 384 Å². The van der Waals surface area contributed by atoms with Gasteiger partial charge in [0.2, 0.25) is 0 Å². The molecule has 2 nitrogen and oxygen atoms in total. The van der Waals surface area contributed by atoms with Gasteiger partial charge in [-0.3, -0.25) is 0 Å². The van der Waals surface area contributed by atoms with Crippen LogP contribution in [0.25, 0.3) is 72.4 Å². The minimum Gasteiger partial charge on any atom is -0.497 e. The maximum Gasteiger partial charge on any atom is 0.380 e. The predicted molar refractivity (Wildman–Crippen MR) is 256 cm³/mol. The Morgan fingerprint density at radius 2 is 0.938 bits per heavy atom. The number of benzene rings is 6. The number of alkyl halides is 6. The average Bonchev–Trinajstić information content (AvgIpc) is 4.12. The van der Waals surface area contributed by atoms with E-state index in [9.17, 15) is 0 Å². The third kappa shape index (κ3) is 5.61. The number of methoxy groups -OCH3 is 2. The molecule has 4 aromatic heterocycles. The largest absolute Gasteiger partial charge is 0.497 e. The van der Waals surface area contributed by atoms with E-state index in [2.05, 4.69) is 0 Å². The van der Waals surface area contributed by atoms with E-state index in [0.717, 1.165) is 46.6 Å². The molecule has 0 atom stereocenters. The Hall–Kier alpha value is -5.76. The van der Waals surface area contributed by atoms with Crippen LogP contribution < -0.4 is 4.74 Å². The number of rotatable bonds is 7. The Morgan fingerprint density at radius 1 is 0.477 bits per heavy atom. The summed E-state index contributed by atoms with van der Waals surface area (Å²) in [7, 11) is 3.11. The van der Waals surface area contributed by atoms with E-state index < -0.39 is 34.3 Å². The summed E-state index contributed by atoms with van der Waals surface area (Å²) in [6.45, 7) is 0.280. The zero-order valence-corrected chi connectivity index (χ0v) is 37.5. The molecule has 0 N–H and O–H groups in total. The number of hydrogen-bond donors (Lipinski definition) is 0. The molecule has 0 spiro atoms. The molecule has 10 aromatic rings. The minimum absolute atomic E-state index is 0.191. The van der Waals surface area contributed by atoms with Crippen molar-refractivity contribution in [3.05, 3.63) is 183 Å². The highest BCUT2D eigenvalue weighted by atomic mass is 32.1. The van der Waals surface area contributed by atoms with Crippen molar-refractivity contribution in [2.75, 3.05) is 14.2 Å². The van der Waals surface area contributed by atoms with E-state index >= 15 is 26.3 Å². The van der Waals surface area contributed by atoms with Gasteiger partial charge in [-0.15, -0.1) is 45.3 Å². The lowest BCUT2D eigenvalue weighted by Gasteiger charge is -2.36. The summed E-state index contributed by atoms with van der Waals surface area (Å²) < 4.78 is 116. The van der Waals surface area contributed by atoms with Crippen molar-refractivity contribution in [1.29, 1.82) is 0 Å². The van der Waals surface area contributed by atoms with Gasteiger partial charge >= 0.3 is 17.8 Å². The molecule has 65 heavy (non-hydrogen) atoms. The van der Waals surface area contributed by atoms with E-state index in [1.807, 2.05) is 109 Å². The smallest absolute Gasteiger partial charge is 0.380 e. The molecule has 0 saturated carbocycles. The summed E-state index contributed by atoms with van der Waals surface area (Å²) in [6, 6.07) is 45.1. The predicted octanol–water partition coefficient (Wildman–Crippen LogP) is 16.6. The average molecular weight is 943 g/mol. The number of thiophene rings is 4. The lowest BCUT2D eigenvalue weighted by atomic mass is 9.69. The van der Waals surface area contributed by atoms with Gasteiger partial charge in [0.05, 0.1) is 19.1 Å². The topological polar surface area (TPSA) is 18.5 Å². The van der Waals surface area contributed by atoms with Gasteiger partial charge in [0.1, 0.15) is 5.75 Å². The van der Waals surface area contributed by atoms with Crippen molar-refractivity contribution >= 4 is 96.8 Å². The first kappa shape index (κ1) is 40.7. The molecule has 12 heteroatoms. The molecule has 12 rings (SSSR count). The Morgan fingerprint density at radius 3 is 1.38 bits per heavy atom. The van der Waals surface area contributed by atoms with Crippen molar-refractivity contribution in [3.63, 3.8) is 0 Å². The van der Waals surface area contributed by atoms with Gasteiger partial charge in [-0.2, -0.15) is 26.3 Å². The third-order valence-electron chi connectivity index (χ3n) is 12.9. The van der Waals surface area contributed by atoms with Gasteiger partial charge in [-0.1, -0.05) is 97.1 Å². The van der Waals surface area contributed by atoms with E-state index in [1.54, 1.807) is 66.2 Å². The Balaban J connectivity index is 1.24. The fraction of sp³-hybridized carbons (Fsp3) is 0.132.